The van der Waals surface area contributed by atoms with Gasteiger partial charge in [-0.2, -0.15) is 4.31 Å². The summed E-state index contributed by atoms with van der Waals surface area (Å²) < 4.78 is 27.8. The molecule has 7 nitrogen and oxygen atoms in total. The highest BCUT2D eigenvalue weighted by molar-refractivity contribution is 7.89. The van der Waals surface area contributed by atoms with Crippen LogP contribution in [-0.4, -0.2) is 67.2 Å². The third-order valence-corrected chi connectivity index (χ3v) is 7.88. The number of nitrogens with zero attached hydrogens (tertiary/aromatic N) is 3. The van der Waals surface area contributed by atoms with E-state index in [4.69, 9.17) is 0 Å². The predicted molar refractivity (Wildman–Crippen MR) is 97.3 cm³/mol. The Kier molecular flexibility index (Phi) is 4.39. The summed E-state index contributed by atoms with van der Waals surface area (Å²) in [5.41, 5.74) is 1.56. The van der Waals surface area contributed by atoms with Gasteiger partial charge in [0.1, 0.15) is 5.54 Å². The lowest BCUT2D eigenvalue weighted by Gasteiger charge is -2.40. The lowest BCUT2D eigenvalue weighted by molar-refractivity contribution is -0.133. The second-order valence-corrected chi connectivity index (χ2v) is 9.24. The molecule has 3 rings (SSSR count). The van der Waals surface area contributed by atoms with Crippen LogP contribution in [0.1, 0.15) is 29.5 Å². The number of piperidine rings is 1. The van der Waals surface area contributed by atoms with Crippen LogP contribution >= 0.6 is 0 Å². The molecule has 2 fully saturated rings. The van der Waals surface area contributed by atoms with Gasteiger partial charge in [-0.3, -0.25) is 9.69 Å². The first kappa shape index (κ1) is 18.8. The Labute approximate surface area is 154 Å². The van der Waals surface area contributed by atoms with Gasteiger partial charge in [0, 0.05) is 27.2 Å². The highest BCUT2D eigenvalue weighted by atomic mass is 32.2. The largest absolute Gasteiger partial charge is 0.327 e. The maximum absolute atomic E-state index is 13.2. The van der Waals surface area contributed by atoms with Crippen molar-refractivity contribution in [2.45, 2.75) is 44.0 Å². The molecule has 2 saturated heterocycles. The standard InChI is InChI=1S/C18H25N3O4S/c1-12-10-13(2)15(14(3)11-12)26(24,25)21-8-6-18(7-9-21)16(22)19(4)17(23)20(18)5/h10-11H,6-9H2,1-5H3. The monoisotopic (exact) mass is 379 g/mol. The molecule has 8 heteroatoms. The quantitative estimate of drug-likeness (QED) is 0.732. The molecule has 0 radical (unpaired) electrons. The van der Waals surface area contributed by atoms with Crippen molar-refractivity contribution in [3.05, 3.63) is 28.8 Å². The van der Waals surface area contributed by atoms with Gasteiger partial charge in [0.25, 0.3) is 5.91 Å². The third-order valence-electron chi connectivity index (χ3n) is 5.67. The molecular formula is C18H25N3O4S. The summed E-state index contributed by atoms with van der Waals surface area (Å²) in [4.78, 5) is 27.6. The molecule has 1 aromatic carbocycles. The van der Waals surface area contributed by atoms with E-state index in [9.17, 15) is 18.0 Å². The van der Waals surface area contributed by atoms with Gasteiger partial charge in [0.15, 0.2) is 0 Å². The minimum absolute atomic E-state index is 0.215. The lowest BCUT2D eigenvalue weighted by Crippen LogP contribution is -2.56. The maximum atomic E-state index is 13.2. The van der Waals surface area contributed by atoms with E-state index >= 15 is 0 Å². The zero-order valence-electron chi connectivity index (χ0n) is 15.9. The van der Waals surface area contributed by atoms with E-state index in [1.54, 1.807) is 20.9 Å². The predicted octanol–water partition coefficient (Wildman–Crippen LogP) is 1.66. The van der Waals surface area contributed by atoms with Crippen molar-refractivity contribution >= 4 is 22.0 Å². The first-order valence-electron chi connectivity index (χ1n) is 8.66. The molecule has 26 heavy (non-hydrogen) atoms. The number of hydrogen-bond acceptors (Lipinski definition) is 4. The van der Waals surface area contributed by atoms with Gasteiger partial charge in [-0.1, -0.05) is 17.7 Å². The summed E-state index contributed by atoms with van der Waals surface area (Å²) in [7, 11) is -0.560. The molecule has 142 valence electrons. The molecule has 0 saturated carbocycles. The Morgan fingerprint density at radius 2 is 1.46 bits per heavy atom. The van der Waals surface area contributed by atoms with Gasteiger partial charge >= 0.3 is 6.03 Å². The topological polar surface area (TPSA) is 78.0 Å². The fraction of sp³-hybridized carbons (Fsp3) is 0.556. The molecule has 1 spiro atoms. The summed E-state index contributed by atoms with van der Waals surface area (Å²) in [5, 5.41) is 0. The summed E-state index contributed by atoms with van der Waals surface area (Å²) in [6.45, 7) is 5.98. The van der Waals surface area contributed by atoms with Crippen LogP contribution in [0.4, 0.5) is 4.79 Å². The Morgan fingerprint density at radius 1 is 0.962 bits per heavy atom. The van der Waals surface area contributed by atoms with Crippen LogP contribution in [0.25, 0.3) is 0 Å². The van der Waals surface area contributed by atoms with Crippen LogP contribution in [0.2, 0.25) is 0 Å². The summed E-state index contributed by atoms with van der Waals surface area (Å²) in [5.74, 6) is -0.246. The molecular weight excluding hydrogens is 354 g/mol. The van der Waals surface area contributed by atoms with Gasteiger partial charge in [0.05, 0.1) is 4.90 Å². The van der Waals surface area contributed by atoms with E-state index < -0.39 is 15.6 Å². The SMILES string of the molecule is Cc1cc(C)c(S(=O)(=O)N2CCC3(CC2)C(=O)N(C)C(=O)N3C)c(C)c1. The number of urea groups is 1. The number of aryl methyl sites for hydroxylation is 3. The molecule has 3 amide bonds. The minimum Gasteiger partial charge on any atom is -0.312 e. The van der Waals surface area contributed by atoms with E-state index in [0.717, 1.165) is 21.6 Å². The lowest BCUT2D eigenvalue weighted by atomic mass is 9.87. The average Bonchev–Trinajstić information content (AvgIpc) is 2.70. The number of sulfonamides is 1. The molecule has 0 atom stereocenters. The summed E-state index contributed by atoms with van der Waals surface area (Å²) >= 11 is 0. The van der Waals surface area contributed by atoms with Crippen molar-refractivity contribution in [2.24, 2.45) is 0 Å². The van der Waals surface area contributed by atoms with Crippen LogP contribution in [0.3, 0.4) is 0 Å². The van der Waals surface area contributed by atoms with Crippen molar-refractivity contribution in [3.63, 3.8) is 0 Å². The van der Waals surface area contributed by atoms with Crippen molar-refractivity contribution in [1.29, 1.82) is 0 Å². The molecule has 2 aliphatic heterocycles. The molecule has 2 heterocycles. The summed E-state index contributed by atoms with van der Waals surface area (Å²) in [6, 6.07) is 3.40. The smallest absolute Gasteiger partial charge is 0.312 e. The zero-order valence-corrected chi connectivity index (χ0v) is 16.7. The average molecular weight is 379 g/mol. The van der Waals surface area contributed by atoms with Crippen molar-refractivity contribution in [3.8, 4) is 0 Å². The molecule has 0 aliphatic carbocycles. The molecule has 1 aromatic rings. The number of likely N-dealkylation sites (N-methyl/N-ethyl adjacent to an activating group) is 2. The molecule has 2 aliphatic rings. The zero-order chi connectivity index (χ0) is 19.4. The number of amides is 3. The maximum Gasteiger partial charge on any atom is 0.327 e. The van der Waals surface area contributed by atoms with Crippen LogP contribution in [0.15, 0.2) is 17.0 Å². The van der Waals surface area contributed by atoms with Gasteiger partial charge < -0.3 is 4.90 Å². The number of benzene rings is 1. The van der Waals surface area contributed by atoms with E-state index in [0.29, 0.717) is 17.7 Å². The Bertz CT molecular complexity index is 863. The van der Waals surface area contributed by atoms with E-state index in [-0.39, 0.29) is 25.0 Å². The Hall–Kier alpha value is -1.93. The Balaban J connectivity index is 1.89. The van der Waals surface area contributed by atoms with E-state index in [1.165, 1.54) is 16.3 Å². The fourth-order valence-corrected chi connectivity index (χ4v) is 6.15. The number of rotatable bonds is 2. The van der Waals surface area contributed by atoms with E-state index in [1.807, 2.05) is 19.1 Å². The van der Waals surface area contributed by atoms with Crippen LogP contribution in [0, 0.1) is 20.8 Å². The Morgan fingerprint density at radius 3 is 1.88 bits per heavy atom. The molecule has 0 unspecified atom stereocenters. The minimum atomic E-state index is -3.64. The third kappa shape index (κ3) is 2.54. The number of imide groups is 1. The first-order valence-corrected chi connectivity index (χ1v) is 10.1. The van der Waals surface area contributed by atoms with Crippen molar-refractivity contribution in [1.82, 2.24) is 14.1 Å². The van der Waals surface area contributed by atoms with Crippen LogP contribution < -0.4 is 0 Å². The van der Waals surface area contributed by atoms with Gasteiger partial charge in [-0.15, -0.1) is 0 Å². The second-order valence-electron chi connectivity index (χ2n) is 7.37. The first-order chi connectivity index (χ1) is 12.0. The normalized spacial score (nSPS) is 21.1. The van der Waals surface area contributed by atoms with Crippen molar-refractivity contribution in [2.75, 3.05) is 27.2 Å². The highest BCUT2D eigenvalue weighted by Crippen LogP contribution is 2.37. The van der Waals surface area contributed by atoms with Crippen molar-refractivity contribution < 1.29 is 18.0 Å². The van der Waals surface area contributed by atoms with Gasteiger partial charge in [-0.25, -0.2) is 13.2 Å². The van der Waals surface area contributed by atoms with Crippen LogP contribution in [-0.2, 0) is 14.8 Å². The molecule has 0 aromatic heterocycles. The number of carbonyl (C=O) groups excluding carboxylic acids is 2. The molecule has 0 N–H and O–H groups in total. The number of carbonyl (C=O) groups is 2. The fourth-order valence-electron chi connectivity index (χ4n) is 4.30. The number of hydrogen-bond donors (Lipinski definition) is 0. The highest BCUT2D eigenvalue weighted by Gasteiger charge is 2.56. The van der Waals surface area contributed by atoms with Gasteiger partial charge in [0.2, 0.25) is 10.0 Å². The molecule has 0 bridgehead atoms. The van der Waals surface area contributed by atoms with Crippen LogP contribution in [0.5, 0.6) is 0 Å². The van der Waals surface area contributed by atoms with Gasteiger partial charge in [-0.05, 0) is 44.7 Å². The second kappa shape index (κ2) is 6.06. The summed E-state index contributed by atoms with van der Waals surface area (Å²) in [6.07, 6.45) is 0.614. The van der Waals surface area contributed by atoms with E-state index in [2.05, 4.69) is 0 Å².